The lowest BCUT2D eigenvalue weighted by atomic mass is 10.1. The molecule has 7 heteroatoms. The zero-order valence-electron chi connectivity index (χ0n) is 10.3. The van der Waals surface area contributed by atoms with Crippen LogP contribution in [0.2, 0.25) is 0 Å². The number of hydrogen-bond donors (Lipinski definition) is 2. The molecule has 1 aromatic rings. The van der Waals surface area contributed by atoms with Gasteiger partial charge in [-0.1, -0.05) is 0 Å². The van der Waals surface area contributed by atoms with Crippen molar-refractivity contribution in [3.05, 3.63) is 18.2 Å². The number of rotatable bonds is 4. The Morgan fingerprint density at radius 1 is 1.33 bits per heavy atom. The van der Waals surface area contributed by atoms with Gasteiger partial charge in [0.2, 0.25) is 16.8 Å². The van der Waals surface area contributed by atoms with Crippen molar-refractivity contribution >= 4 is 10.0 Å². The molecule has 0 fully saturated rings. The molecule has 2 rings (SSSR count). The van der Waals surface area contributed by atoms with E-state index in [9.17, 15) is 8.42 Å². The van der Waals surface area contributed by atoms with Gasteiger partial charge in [-0.3, -0.25) is 0 Å². The van der Waals surface area contributed by atoms with E-state index in [-0.39, 0.29) is 18.2 Å². The molecule has 18 heavy (non-hydrogen) atoms. The van der Waals surface area contributed by atoms with Gasteiger partial charge in [0, 0.05) is 18.2 Å². The third-order valence-electron chi connectivity index (χ3n) is 2.58. The Labute approximate surface area is 106 Å². The van der Waals surface area contributed by atoms with Gasteiger partial charge < -0.3 is 15.2 Å². The van der Waals surface area contributed by atoms with Crippen LogP contribution >= 0.6 is 0 Å². The van der Waals surface area contributed by atoms with Gasteiger partial charge in [-0.25, -0.2) is 13.1 Å². The largest absolute Gasteiger partial charge is 0.454 e. The van der Waals surface area contributed by atoms with Crippen LogP contribution in [0.1, 0.15) is 13.8 Å². The summed E-state index contributed by atoms with van der Waals surface area (Å²) in [6.07, 6.45) is 0. The number of nitrogens with two attached hydrogens (primary N) is 1. The molecule has 1 aromatic carbocycles. The lowest BCUT2D eigenvalue weighted by molar-refractivity contribution is 0.174. The van der Waals surface area contributed by atoms with Gasteiger partial charge in [-0.2, -0.15) is 0 Å². The summed E-state index contributed by atoms with van der Waals surface area (Å²) in [5.74, 6) is 0.982. The second-order valence-electron chi connectivity index (χ2n) is 4.71. The third kappa shape index (κ3) is 2.58. The first-order valence-electron chi connectivity index (χ1n) is 5.48. The van der Waals surface area contributed by atoms with E-state index in [1.165, 1.54) is 12.1 Å². The monoisotopic (exact) mass is 272 g/mol. The molecule has 0 unspecified atom stereocenters. The fourth-order valence-corrected chi connectivity index (χ4v) is 2.95. The second-order valence-corrected chi connectivity index (χ2v) is 6.39. The Balaban J connectivity index is 2.31. The minimum Gasteiger partial charge on any atom is -0.454 e. The third-order valence-corrected chi connectivity index (χ3v) is 4.27. The molecule has 0 bridgehead atoms. The fraction of sp³-hybridized carbons (Fsp3) is 0.455. The first kappa shape index (κ1) is 13.1. The summed E-state index contributed by atoms with van der Waals surface area (Å²) in [5, 5.41) is 0. The average molecular weight is 272 g/mol. The summed E-state index contributed by atoms with van der Waals surface area (Å²) in [6, 6.07) is 4.49. The van der Waals surface area contributed by atoms with Crippen molar-refractivity contribution in [2.75, 3.05) is 13.3 Å². The highest BCUT2D eigenvalue weighted by atomic mass is 32.2. The van der Waals surface area contributed by atoms with Crippen LogP contribution in [-0.2, 0) is 10.0 Å². The molecule has 0 spiro atoms. The van der Waals surface area contributed by atoms with Crippen molar-refractivity contribution in [1.29, 1.82) is 0 Å². The molecule has 0 saturated carbocycles. The molecule has 1 aliphatic rings. The van der Waals surface area contributed by atoms with E-state index < -0.39 is 15.6 Å². The smallest absolute Gasteiger partial charge is 0.241 e. The van der Waals surface area contributed by atoms with E-state index in [2.05, 4.69) is 4.72 Å². The van der Waals surface area contributed by atoms with Crippen LogP contribution in [0, 0.1) is 0 Å². The van der Waals surface area contributed by atoms with Crippen LogP contribution in [0.4, 0.5) is 0 Å². The van der Waals surface area contributed by atoms with Crippen LogP contribution in [0.15, 0.2) is 23.1 Å². The summed E-state index contributed by atoms with van der Waals surface area (Å²) in [6.45, 7) is 3.76. The number of sulfonamides is 1. The summed E-state index contributed by atoms with van der Waals surface area (Å²) in [5.41, 5.74) is 4.81. The molecule has 3 N–H and O–H groups in total. The maximum atomic E-state index is 12.1. The van der Waals surface area contributed by atoms with E-state index in [0.29, 0.717) is 11.5 Å². The highest BCUT2D eigenvalue weighted by Crippen LogP contribution is 2.33. The van der Waals surface area contributed by atoms with Crippen LogP contribution in [-0.4, -0.2) is 27.3 Å². The van der Waals surface area contributed by atoms with E-state index in [1.807, 2.05) is 0 Å². The molecule has 0 radical (unpaired) electrons. The van der Waals surface area contributed by atoms with Crippen molar-refractivity contribution in [3.8, 4) is 11.5 Å². The Morgan fingerprint density at radius 2 is 2.00 bits per heavy atom. The molecule has 1 heterocycles. The SMILES string of the molecule is CC(C)(CN)NS(=O)(=O)c1ccc2c(c1)OCO2. The molecule has 1 aliphatic heterocycles. The van der Waals surface area contributed by atoms with Crippen molar-refractivity contribution in [3.63, 3.8) is 0 Å². The quantitative estimate of drug-likeness (QED) is 0.829. The van der Waals surface area contributed by atoms with E-state index in [4.69, 9.17) is 15.2 Å². The normalized spacial score (nSPS) is 14.8. The standard InChI is InChI=1S/C11H16N2O4S/c1-11(2,6-12)13-18(14,15)8-3-4-9-10(5-8)17-7-16-9/h3-5,13H,6-7,12H2,1-2H3. The van der Waals surface area contributed by atoms with Gasteiger partial charge in [0.25, 0.3) is 0 Å². The lowest BCUT2D eigenvalue weighted by Gasteiger charge is -2.23. The van der Waals surface area contributed by atoms with E-state index >= 15 is 0 Å². The Morgan fingerprint density at radius 3 is 2.67 bits per heavy atom. The highest BCUT2D eigenvalue weighted by Gasteiger charge is 2.26. The Bertz CT molecular complexity index is 554. The van der Waals surface area contributed by atoms with Crippen molar-refractivity contribution in [2.24, 2.45) is 5.73 Å². The summed E-state index contributed by atoms with van der Waals surface area (Å²) < 4.78 is 37.1. The average Bonchev–Trinajstić information content (AvgIpc) is 2.74. The number of benzene rings is 1. The second kappa shape index (κ2) is 4.42. The molecule has 100 valence electrons. The molecule has 0 aromatic heterocycles. The zero-order valence-corrected chi connectivity index (χ0v) is 11.1. The predicted molar refractivity (Wildman–Crippen MR) is 66.0 cm³/mol. The molecule has 0 aliphatic carbocycles. The lowest BCUT2D eigenvalue weighted by Crippen LogP contribution is -2.48. The van der Waals surface area contributed by atoms with E-state index in [1.54, 1.807) is 19.9 Å². The number of ether oxygens (including phenoxy) is 2. The van der Waals surface area contributed by atoms with Crippen LogP contribution < -0.4 is 19.9 Å². The molecule has 0 saturated heterocycles. The van der Waals surface area contributed by atoms with Gasteiger partial charge in [-0.15, -0.1) is 0 Å². The van der Waals surface area contributed by atoms with Crippen molar-refractivity contribution in [2.45, 2.75) is 24.3 Å². The topological polar surface area (TPSA) is 90.7 Å². The maximum Gasteiger partial charge on any atom is 0.241 e. The van der Waals surface area contributed by atoms with Crippen LogP contribution in [0.25, 0.3) is 0 Å². The predicted octanol–water partition coefficient (Wildman–Crippen LogP) is 0.431. The minimum atomic E-state index is -3.62. The van der Waals surface area contributed by atoms with Gasteiger partial charge >= 0.3 is 0 Å². The minimum absolute atomic E-state index is 0.112. The van der Waals surface area contributed by atoms with Crippen LogP contribution in [0.5, 0.6) is 11.5 Å². The van der Waals surface area contributed by atoms with Gasteiger partial charge in [-0.05, 0) is 26.0 Å². The Hall–Kier alpha value is -1.31. The number of fused-ring (bicyclic) bond motifs is 1. The van der Waals surface area contributed by atoms with Crippen LogP contribution in [0.3, 0.4) is 0 Å². The molecule has 0 amide bonds. The van der Waals surface area contributed by atoms with Crippen molar-refractivity contribution < 1.29 is 17.9 Å². The summed E-state index contributed by atoms with van der Waals surface area (Å²) in [4.78, 5) is 0.133. The highest BCUT2D eigenvalue weighted by molar-refractivity contribution is 7.89. The molecule has 0 atom stereocenters. The molecule has 6 nitrogen and oxygen atoms in total. The summed E-state index contributed by atoms with van der Waals surface area (Å²) >= 11 is 0. The van der Waals surface area contributed by atoms with Gasteiger partial charge in [0.1, 0.15) is 0 Å². The molecular weight excluding hydrogens is 256 g/mol. The molecular formula is C11H16N2O4S. The Kier molecular flexibility index (Phi) is 3.22. The first-order chi connectivity index (χ1) is 8.34. The number of hydrogen-bond acceptors (Lipinski definition) is 5. The number of nitrogens with one attached hydrogen (secondary N) is 1. The van der Waals surface area contributed by atoms with E-state index in [0.717, 1.165) is 0 Å². The first-order valence-corrected chi connectivity index (χ1v) is 6.96. The fourth-order valence-electron chi connectivity index (χ4n) is 1.51. The summed E-state index contributed by atoms with van der Waals surface area (Å²) in [7, 11) is -3.62. The van der Waals surface area contributed by atoms with Gasteiger partial charge in [0.15, 0.2) is 11.5 Å². The van der Waals surface area contributed by atoms with Crippen molar-refractivity contribution in [1.82, 2.24) is 4.72 Å². The van der Waals surface area contributed by atoms with Gasteiger partial charge in [0.05, 0.1) is 4.90 Å². The zero-order chi connectivity index (χ0) is 13.4. The maximum absolute atomic E-state index is 12.1.